The smallest absolute Gasteiger partial charge is 0.0901 e. The van der Waals surface area contributed by atoms with Crippen molar-refractivity contribution < 1.29 is 0 Å². The second kappa shape index (κ2) is 4.84. The Morgan fingerprint density at radius 3 is 2.65 bits per heavy atom. The Morgan fingerprint density at radius 1 is 1.29 bits per heavy atom. The van der Waals surface area contributed by atoms with Crippen LogP contribution < -0.4 is 5.32 Å². The number of aryl methyl sites for hydroxylation is 3. The summed E-state index contributed by atoms with van der Waals surface area (Å²) in [7, 11) is 0. The predicted molar refractivity (Wildman–Crippen MR) is 72.6 cm³/mol. The predicted octanol–water partition coefficient (Wildman–Crippen LogP) is 3.64. The lowest BCUT2D eigenvalue weighted by Crippen LogP contribution is -2.09. The lowest BCUT2D eigenvalue weighted by Gasteiger charge is -2.15. The van der Waals surface area contributed by atoms with Gasteiger partial charge < -0.3 is 5.32 Å². The molecule has 3 nitrogen and oxygen atoms in total. The minimum atomic E-state index is 0.211. The zero-order valence-electron chi connectivity index (χ0n) is 10.6. The molecule has 4 heteroatoms. The maximum absolute atomic E-state index is 4.57. The summed E-state index contributed by atoms with van der Waals surface area (Å²) in [6.45, 7) is 8.38. The SMILES string of the molecule is Cc1nc(C(C)Nc2cnccc2C)c(C)s1. The fourth-order valence-corrected chi connectivity index (χ4v) is 2.78. The molecule has 0 radical (unpaired) electrons. The molecule has 0 amide bonds. The molecule has 1 atom stereocenters. The third-order valence-electron chi connectivity index (χ3n) is 2.76. The average Bonchev–Trinajstić information content (AvgIpc) is 2.61. The molecule has 0 bridgehead atoms. The average molecular weight is 247 g/mol. The Morgan fingerprint density at radius 2 is 2.06 bits per heavy atom. The normalized spacial score (nSPS) is 12.5. The van der Waals surface area contributed by atoms with E-state index in [-0.39, 0.29) is 6.04 Å². The van der Waals surface area contributed by atoms with Crippen molar-refractivity contribution in [2.75, 3.05) is 5.32 Å². The number of hydrogen-bond acceptors (Lipinski definition) is 4. The third-order valence-corrected chi connectivity index (χ3v) is 3.66. The topological polar surface area (TPSA) is 37.8 Å². The summed E-state index contributed by atoms with van der Waals surface area (Å²) in [5.74, 6) is 0. The van der Waals surface area contributed by atoms with Crippen LogP contribution in [-0.2, 0) is 0 Å². The van der Waals surface area contributed by atoms with E-state index in [1.54, 1.807) is 11.3 Å². The molecule has 2 aromatic heterocycles. The van der Waals surface area contributed by atoms with Gasteiger partial charge in [-0.25, -0.2) is 4.98 Å². The van der Waals surface area contributed by atoms with Gasteiger partial charge in [-0.05, 0) is 39.3 Å². The fraction of sp³-hybridized carbons (Fsp3) is 0.385. The summed E-state index contributed by atoms with van der Waals surface area (Å²) in [6.07, 6.45) is 3.67. The van der Waals surface area contributed by atoms with E-state index in [1.165, 1.54) is 10.4 Å². The van der Waals surface area contributed by atoms with Gasteiger partial charge in [-0.1, -0.05) is 0 Å². The molecule has 2 heterocycles. The van der Waals surface area contributed by atoms with Gasteiger partial charge in [0.15, 0.2) is 0 Å². The Kier molecular flexibility index (Phi) is 3.43. The Labute approximate surface area is 106 Å². The van der Waals surface area contributed by atoms with E-state index in [4.69, 9.17) is 0 Å². The minimum Gasteiger partial charge on any atom is -0.375 e. The third kappa shape index (κ3) is 2.64. The fourth-order valence-electron chi connectivity index (χ4n) is 1.86. The highest BCUT2D eigenvalue weighted by molar-refractivity contribution is 7.11. The molecular weight excluding hydrogens is 230 g/mol. The monoisotopic (exact) mass is 247 g/mol. The second-order valence-electron chi connectivity index (χ2n) is 4.23. The van der Waals surface area contributed by atoms with Crippen molar-refractivity contribution in [1.82, 2.24) is 9.97 Å². The van der Waals surface area contributed by atoms with Crippen LogP contribution in [-0.4, -0.2) is 9.97 Å². The highest BCUT2D eigenvalue weighted by Crippen LogP contribution is 2.26. The van der Waals surface area contributed by atoms with Crippen molar-refractivity contribution in [1.29, 1.82) is 0 Å². The van der Waals surface area contributed by atoms with Crippen molar-refractivity contribution >= 4 is 17.0 Å². The van der Waals surface area contributed by atoms with Gasteiger partial charge in [-0.15, -0.1) is 11.3 Å². The number of nitrogens with zero attached hydrogens (tertiary/aromatic N) is 2. The summed E-state index contributed by atoms with van der Waals surface area (Å²) in [5, 5.41) is 4.58. The number of anilines is 1. The standard InChI is InChI=1S/C13H17N3S/c1-8-5-6-14-7-12(8)15-9(2)13-10(3)17-11(4)16-13/h5-7,9,15H,1-4H3. The second-order valence-corrected chi connectivity index (χ2v) is 5.64. The number of pyridine rings is 1. The van der Waals surface area contributed by atoms with Gasteiger partial charge in [0.05, 0.1) is 28.6 Å². The van der Waals surface area contributed by atoms with Crippen LogP contribution in [0.15, 0.2) is 18.5 Å². The molecule has 2 aromatic rings. The molecule has 0 aliphatic rings. The first-order valence-corrected chi connectivity index (χ1v) is 6.50. The van der Waals surface area contributed by atoms with Gasteiger partial charge in [-0.2, -0.15) is 0 Å². The van der Waals surface area contributed by atoms with Crippen LogP contribution in [0.3, 0.4) is 0 Å². The molecule has 1 N–H and O–H groups in total. The van der Waals surface area contributed by atoms with E-state index < -0.39 is 0 Å². The Hall–Kier alpha value is -1.42. The number of nitrogens with one attached hydrogen (secondary N) is 1. The van der Waals surface area contributed by atoms with E-state index in [9.17, 15) is 0 Å². The summed E-state index contributed by atoms with van der Waals surface area (Å²) in [5.41, 5.74) is 3.41. The summed E-state index contributed by atoms with van der Waals surface area (Å²) in [6, 6.07) is 2.22. The number of thiazole rings is 1. The summed E-state index contributed by atoms with van der Waals surface area (Å²) in [4.78, 5) is 9.99. The molecule has 0 aliphatic carbocycles. The van der Waals surface area contributed by atoms with Gasteiger partial charge in [-0.3, -0.25) is 4.98 Å². The first-order chi connectivity index (χ1) is 8.08. The van der Waals surface area contributed by atoms with Crippen molar-refractivity contribution in [3.63, 3.8) is 0 Å². The van der Waals surface area contributed by atoms with Gasteiger partial charge in [0.25, 0.3) is 0 Å². The van der Waals surface area contributed by atoms with E-state index in [0.29, 0.717) is 0 Å². The molecule has 0 aromatic carbocycles. The molecule has 0 saturated heterocycles. The van der Waals surface area contributed by atoms with E-state index in [1.807, 2.05) is 25.4 Å². The van der Waals surface area contributed by atoms with Crippen LogP contribution >= 0.6 is 11.3 Å². The molecule has 0 fully saturated rings. The lowest BCUT2D eigenvalue weighted by atomic mass is 10.2. The zero-order valence-corrected chi connectivity index (χ0v) is 11.4. The minimum absolute atomic E-state index is 0.211. The largest absolute Gasteiger partial charge is 0.375 e. The number of hydrogen-bond donors (Lipinski definition) is 1. The van der Waals surface area contributed by atoms with Crippen molar-refractivity contribution in [3.8, 4) is 0 Å². The molecule has 90 valence electrons. The van der Waals surface area contributed by atoms with Crippen LogP contribution in [0.1, 0.15) is 34.1 Å². The van der Waals surface area contributed by atoms with Crippen molar-refractivity contribution in [3.05, 3.63) is 39.6 Å². The Bertz CT molecular complexity index is 519. The van der Waals surface area contributed by atoms with Gasteiger partial charge in [0.1, 0.15) is 0 Å². The van der Waals surface area contributed by atoms with Crippen molar-refractivity contribution in [2.45, 2.75) is 33.7 Å². The van der Waals surface area contributed by atoms with E-state index in [2.05, 4.69) is 36.1 Å². The van der Waals surface area contributed by atoms with Crippen LogP contribution in [0.2, 0.25) is 0 Å². The molecule has 0 aliphatic heterocycles. The van der Waals surface area contributed by atoms with Gasteiger partial charge in [0, 0.05) is 11.1 Å². The van der Waals surface area contributed by atoms with Crippen LogP contribution in [0, 0.1) is 20.8 Å². The maximum atomic E-state index is 4.57. The zero-order chi connectivity index (χ0) is 12.4. The number of rotatable bonds is 3. The van der Waals surface area contributed by atoms with Crippen LogP contribution in [0.4, 0.5) is 5.69 Å². The molecule has 0 spiro atoms. The molecule has 2 rings (SSSR count). The van der Waals surface area contributed by atoms with E-state index in [0.717, 1.165) is 16.4 Å². The highest BCUT2D eigenvalue weighted by Gasteiger charge is 2.13. The molecule has 17 heavy (non-hydrogen) atoms. The maximum Gasteiger partial charge on any atom is 0.0901 e. The summed E-state index contributed by atoms with van der Waals surface area (Å²) >= 11 is 1.75. The van der Waals surface area contributed by atoms with Crippen molar-refractivity contribution in [2.24, 2.45) is 0 Å². The quantitative estimate of drug-likeness (QED) is 0.900. The molecular formula is C13H17N3S. The Balaban J connectivity index is 2.20. The highest BCUT2D eigenvalue weighted by atomic mass is 32.1. The van der Waals surface area contributed by atoms with E-state index >= 15 is 0 Å². The first kappa shape index (κ1) is 12.0. The summed E-state index contributed by atoms with van der Waals surface area (Å²) < 4.78 is 0. The molecule has 1 unspecified atom stereocenters. The van der Waals surface area contributed by atoms with Gasteiger partial charge >= 0.3 is 0 Å². The first-order valence-electron chi connectivity index (χ1n) is 5.69. The van der Waals surface area contributed by atoms with Gasteiger partial charge in [0.2, 0.25) is 0 Å². The van der Waals surface area contributed by atoms with Crippen LogP contribution in [0.25, 0.3) is 0 Å². The molecule has 0 saturated carbocycles. The van der Waals surface area contributed by atoms with Crippen LogP contribution in [0.5, 0.6) is 0 Å². The lowest BCUT2D eigenvalue weighted by molar-refractivity contribution is 0.834. The number of aromatic nitrogens is 2.